The van der Waals surface area contributed by atoms with Crippen LogP contribution in [0.1, 0.15) is 29.5 Å². The molecule has 2 fully saturated rings. The smallest absolute Gasteiger partial charge is 0.392 e. The highest BCUT2D eigenvalue weighted by molar-refractivity contribution is 5.91. The van der Waals surface area contributed by atoms with Crippen LogP contribution in [0.3, 0.4) is 0 Å². The quantitative estimate of drug-likeness (QED) is 0.459. The van der Waals surface area contributed by atoms with Crippen LogP contribution in [0.5, 0.6) is 0 Å². The number of hydrogen-bond acceptors (Lipinski definition) is 6. The molecule has 186 valence electrons. The Morgan fingerprint density at radius 1 is 1.09 bits per heavy atom. The third-order valence-electron chi connectivity index (χ3n) is 7.09. The molecule has 35 heavy (non-hydrogen) atoms. The number of nitrogens with zero attached hydrogens (tertiary/aromatic N) is 3. The van der Waals surface area contributed by atoms with Gasteiger partial charge in [0.25, 0.3) is 0 Å². The number of hydrogen-bond donors (Lipinski definition) is 2. The maximum atomic E-state index is 13.4. The van der Waals surface area contributed by atoms with Crippen molar-refractivity contribution in [1.29, 1.82) is 0 Å². The van der Waals surface area contributed by atoms with Crippen molar-refractivity contribution in [1.82, 2.24) is 9.97 Å². The monoisotopic (exact) mass is 486 g/mol. The van der Waals surface area contributed by atoms with Crippen molar-refractivity contribution in [2.75, 3.05) is 43.6 Å². The summed E-state index contributed by atoms with van der Waals surface area (Å²) >= 11 is 0. The number of aromatic nitrogens is 2. The first-order chi connectivity index (χ1) is 16.8. The Morgan fingerprint density at radius 3 is 2.43 bits per heavy atom. The average Bonchev–Trinajstić information content (AvgIpc) is 3.66. The van der Waals surface area contributed by atoms with E-state index in [2.05, 4.69) is 15.2 Å². The standard InChI is InChI=1S/C26H29F3N4O2/c1-35-16-25(19-6-7-19)14-33(15-25)23-21-9-8-20(26(27,28)29)12-22(21)31-24(32-23)30-11-10-17-2-4-18(13-34)5-3-17/h2-5,8-9,12,19,34H,6-7,10-11,13-16H2,1H3,(H,30,31,32). The average molecular weight is 487 g/mol. The van der Waals surface area contributed by atoms with E-state index in [1.807, 2.05) is 24.3 Å². The Hall–Kier alpha value is -2.91. The molecule has 0 amide bonds. The van der Waals surface area contributed by atoms with Crippen molar-refractivity contribution in [2.24, 2.45) is 11.3 Å². The molecular formula is C26H29F3N4O2. The maximum Gasteiger partial charge on any atom is 0.416 e. The lowest BCUT2D eigenvalue weighted by molar-refractivity contribution is -0.137. The van der Waals surface area contributed by atoms with Gasteiger partial charge < -0.3 is 20.1 Å². The summed E-state index contributed by atoms with van der Waals surface area (Å²) in [6.07, 6.45) is -1.36. The second kappa shape index (κ2) is 9.28. The molecule has 0 spiro atoms. The van der Waals surface area contributed by atoms with Crippen molar-refractivity contribution < 1.29 is 23.0 Å². The van der Waals surface area contributed by atoms with Crippen LogP contribution in [0, 0.1) is 11.3 Å². The fraction of sp³-hybridized carbons (Fsp3) is 0.462. The van der Waals surface area contributed by atoms with Gasteiger partial charge in [0.2, 0.25) is 5.95 Å². The van der Waals surface area contributed by atoms with Crippen LogP contribution >= 0.6 is 0 Å². The van der Waals surface area contributed by atoms with Gasteiger partial charge in [0.1, 0.15) is 5.82 Å². The largest absolute Gasteiger partial charge is 0.416 e. The minimum atomic E-state index is -4.44. The number of alkyl halides is 3. The summed E-state index contributed by atoms with van der Waals surface area (Å²) in [4.78, 5) is 11.3. The van der Waals surface area contributed by atoms with Gasteiger partial charge in [0, 0.05) is 37.5 Å². The number of fused-ring (bicyclic) bond motifs is 1. The van der Waals surface area contributed by atoms with Crippen LogP contribution in [0.15, 0.2) is 42.5 Å². The van der Waals surface area contributed by atoms with Gasteiger partial charge in [-0.3, -0.25) is 0 Å². The molecule has 1 aliphatic carbocycles. The normalized spacial score (nSPS) is 17.5. The summed E-state index contributed by atoms with van der Waals surface area (Å²) in [7, 11) is 1.71. The Balaban J connectivity index is 1.40. The summed E-state index contributed by atoms with van der Waals surface area (Å²) in [5.74, 6) is 1.61. The van der Waals surface area contributed by atoms with Crippen molar-refractivity contribution >= 4 is 22.7 Å². The molecule has 1 aliphatic heterocycles. The minimum Gasteiger partial charge on any atom is -0.392 e. The van der Waals surface area contributed by atoms with E-state index in [9.17, 15) is 18.3 Å². The first-order valence-electron chi connectivity index (χ1n) is 11.9. The fourth-order valence-electron chi connectivity index (χ4n) is 5.05. The van der Waals surface area contributed by atoms with E-state index in [1.165, 1.54) is 18.9 Å². The van der Waals surface area contributed by atoms with Crippen molar-refractivity contribution in [3.8, 4) is 0 Å². The SMILES string of the molecule is COCC1(C2CC2)CN(c2nc(NCCc3ccc(CO)cc3)nc3cc(C(F)(F)F)ccc23)C1. The summed E-state index contributed by atoms with van der Waals surface area (Å²) in [6.45, 7) is 2.74. The van der Waals surface area contributed by atoms with Gasteiger partial charge >= 0.3 is 6.18 Å². The van der Waals surface area contributed by atoms with Crippen LogP contribution < -0.4 is 10.2 Å². The highest BCUT2D eigenvalue weighted by atomic mass is 19.4. The molecule has 0 bridgehead atoms. The first kappa shape index (κ1) is 23.8. The van der Waals surface area contributed by atoms with Gasteiger partial charge in [-0.15, -0.1) is 0 Å². The van der Waals surface area contributed by atoms with Crippen LogP contribution in [0.25, 0.3) is 10.9 Å². The molecular weight excluding hydrogens is 457 g/mol. The first-order valence-corrected chi connectivity index (χ1v) is 11.9. The van der Waals surface area contributed by atoms with Crippen LogP contribution in [-0.4, -0.2) is 48.4 Å². The molecule has 0 atom stereocenters. The number of methoxy groups -OCH3 is 1. The Kier molecular flexibility index (Phi) is 6.31. The zero-order chi connectivity index (χ0) is 24.6. The van der Waals surface area contributed by atoms with Crippen LogP contribution in [-0.2, 0) is 23.9 Å². The second-order valence-corrected chi connectivity index (χ2v) is 9.68. The molecule has 2 heterocycles. The lowest BCUT2D eigenvalue weighted by Crippen LogP contribution is -2.60. The molecule has 1 aromatic heterocycles. The summed E-state index contributed by atoms with van der Waals surface area (Å²) in [6, 6.07) is 11.3. The lowest BCUT2D eigenvalue weighted by atomic mass is 9.75. The topological polar surface area (TPSA) is 70.5 Å². The number of rotatable bonds is 9. The van der Waals surface area contributed by atoms with Gasteiger partial charge in [-0.05, 0) is 54.5 Å². The van der Waals surface area contributed by atoms with Gasteiger partial charge in [-0.25, -0.2) is 4.98 Å². The molecule has 0 radical (unpaired) electrons. The van der Waals surface area contributed by atoms with Crippen molar-refractivity contribution in [3.63, 3.8) is 0 Å². The summed E-state index contributed by atoms with van der Waals surface area (Å²) in [5.41, 5.74) is 1.56. The van der Waals surface area contributed by atoms with Crippen LogP contribution in [0.4, 0.5) is 24.9 Å². The number of halogens is 3. The fourth-order valence-corrected chi connectivity index (χ4v) is 5.05. The Bertz CT molecular complexity index is 1190. The highest BCUT2D eigenvalue weighted by Gasteiger charge is 2.53. The molecule has 1 saturated heterocycles. The molecule has 0 unspecified atom stereocenters. The predicted molar refractivity (Wildman–Crippen MR) is 128 cm³/mol. The molecule has 9 heteroatoms. The molecule has 2 aliphatic rings. The number of ether oxygens (including phenoxy) is 1. The zero-order valence-electron chi connectivity index (χ0n) is 19.6. The van der Waals surface area contributed by atoms with Gasteiger partial charge in [-0.2, -0.15) is 18.2 Å². The lowest BCUT2D eigenvalue weighted by Gasteiger charge is -2.51. The van der Waals surface area contributed by atoms with Crippen molar-refractivity contribution in [3.05, 3.63) is 59.2 Å². The Labute approximate surface area is 202 Å². The maximum absolute atomic E-state index is 13.4. The van der Waals surface area contributed by atoms with E-state index >= 15 is 0 Å². The number of aliphatic hydroxyl groups excluding tert-OH is 1. The third-order valence-corrected chi connectivity index (χ3v) is 7.09. The van der Waals surface area contributed by atoms with E-state index < -0.39 is 11.7 Å². The van der Waals surface area contributed by atoms with Gasteiger partial charge in [-0.1, -0.05) is 24.3 Å². The number of aliphatic hydroxyl groups is 1. The van der Waals surface area contributed by atoms with Gasteiger partial charge in [0.05, 0.1) is 24.3 Å². The van der Waals surface area contributed by atoms with E-state index in [0.29, 0.717) is 42.6 Å². The third kappa shape index (κ3) is 4.92. The number of anilines is 2. The van der Waals surface area contributed by atoms with E-state index in [-0.39, 0.29) is 17.5 Å². The van der Waals surface area contributed by atoms with Crippen molar-refractivity contribution in [2.45, 2.75) is 32.0 Å². The predicted octanol–water partition coefficient (Wildman–Crippen LogP) is 4.66. The van der Waals surface area contributed by atoms with Crippen LogP contribution in [0.2, 0.25) is 0 Å². The highest BCUT2D eigenvalue weighted by Crippen LogP contribution is 2.52. The minimum absolute atomic E-state index is 0.00490. The molecule has 2 aromatic carbocycles. The summed E-state index contributed by atoms with van der Waals surface area (Å²) < 4.78 is 45.6. The van der Waals surface area contributed by atoms with E-state index in [4.69, 9.17) is 9.72 Å². The molecule has 3 aromatic rings. The van der Waals surface area contributed by atoms with E-state index in [0.717, 1.165) is 36.3 Å². The number of benzene rings is 2. The number of nitrogens with one attached hydrogen (secondary N) is 1. The summed E-state index contributed by atoms with van der Waals surface area (Å²) in [5, 5.41) is 13.0. The molecule has 5 rings (SSSR count). The van der Waals surface area contributed by atoms with Gasteiger partial charge in [0.15, 0.2) is 0 Å². The Morgan fingerprint density at radius 2 is 1.80 bits per heavy atom. The second-order valence-electron chi connectivity index (χ2n) is 9.68. The zero-order valence-corrected chi connectivity index (χ0v) is 19.6. The molecule has 6 nitrogen and oxygen atoms in total. The van der Waals surface area contributed by atoms with E-state index in [1.54, 1.807) is 7.11 Å². The molecule has 2 N–H and O–H groups in total. The molecule has 1 saturated carbocycles.